The summed E-state index contributed by atoms with van der Waals surface area (Å²) in [6.45, 7) is 1.03. The number of nitrogens with one attached hydrogen (secondary N) is 1. The fraction of sp³-hybridized carbons (Fsp3) is 0.600. The van der Waals surface area contributed by atoms with E-state index in [0.29, 0.717) is 18.8 Å². The third kappa shape index (κ3) is 5.44. The first kappa shape index (κ1) is 18.7. The van der Waals surface area contributed by atoms with Gasteiger partial charge in [-0.1, -0.05) is 25.7 Å². The van der Waals surface area contributed by atoms with E-state index >= 15 is 0 Å². The molecule has 6 heteroatoms. The number of hydrogen-bond acceptors (Lipinski definition) is 3. The Labute approximate surface area is 153 Å². The number of rotatable bonds is 6. The normalized spacial score (nSPS) is 18.7. The number of halogens is 1. The van der Waals surface area contributed by atoms with Crippen LogP contribution < -0.4 is 10.1 Å². The van der Waals surface area contributed by atoms with E-state index in [1.165, 1.54) is 37.8 Å². The third-order valence-electron chi connectivity index (χ3n) is 5.10. The predicted octanol–water partition coefficient (Wildman–Crippen LogP) is 3.03. The van der Waals surface area contributed by atoms with Gasteiger partial charge in [-0.2, -0.15) is 0 Å². The molecule has 1 aliphatic heterocycles. The standard InChI is InChI=1S/C20H27FN2O3/c21-15-7-9-17(10-8-15)26-18-13-23(14-18)20(25)12-11-19(24)22-16-5-3-1-2-4-6-16/h7-10,16,18H,1-6,11-14H2,(H,22,24). The van der Waals surface area contributed by atoms with Crippen LogP contribution in [0.4, 0.5) is 4.39 Å². The van der Waals surface area contributed by atoms with E-state index in [0.717, 1.165) is 12.8 Å². The molecule has 0 atom stereocenters. The van der Waals surface area contributed by atoms with Crippen molar-refractivity contribution in [3.8, 4) is 5.75 Å². The van der Waals surface area contributed by atoms with Crippen LogP contribution in [-0.2, 0) is 9.59 Å². The Morgan fingerprint density at radius 3 is 2.35 bits per heavy atom. The largest absolute Gasteiger partial charge is 0.487 e. The fourth-order valence-corrected chi connectivity index (χ4v) is 3.52. The summed E-state index contributed by atoms with van der Waals surface area (Å²) in [6, 6.07) is 6.14. The Hall–Kier alpha value is -2.11. The van der Waals surface area contributed by atoms with Crippen LogP contribution in [-0.4, -0.2) is 41.9 Å². The molecule has 0 radical (unpaired) electrons. The fourth-order valence-electron chi connectivity index (χ4n) is 3.52. The van der Waals surface area contributed by atoms with Gasteiger partial charge in [0, 0.05) is 18.9 Å². The lowest BCUT2D eigenvalue weighted by Crippen LogP contribution is -2.56. The highest BCUT2D eigenvalue weighted by molar-refractivity contribution is 5.84. The molecule has 0 aromatic heterocycles. The topological polar surface area (TPSA) is 58.6 Å². The molecule has 5 nitrogen and oxygen atoms in total. The molecule has 1 saturated heterocycles. The first-order valence-corrected chi connectivity index (χ1v) is 9.59. The molecule has 1 heterocycles. The minimum atomic E-state index is -0.301. The van der Waals surface area contributed by atoms with Crippen molar-refractivity contribution >= 4 is 11.8 Å². The molecular weight excluding hydrogens is 335 g/mol. The van der Waals surface area contributed by atoms with Crippen molar-refractivity contribution in [1.82, 2.24) is 10.2 Å². The van der Waals surface area contributed by atoms with Crippen LogP contribution in [0, 0.1) is 5.82 Å². The Morgan fingerprint density at radius 1 is 1.04 bits per heavy atom. The van der Waals surface area contributed by atoms with E-state index in [1.54, 1.807) is 17.0 Å². The zero-order chi connectivity index (χ0) is 18.4. The second-order valence-electron chi connectivity index (χ2n) is 7.25. The maximum Gasteiger partial charge on any atom is 0.223 e. The summed E-state index contributed by atoms with van der Waals surface area (Å²) in [5.41, 5.74) is 0. The molecule has 1 aliphatic carbocycles. The summed E-state index contributed by atoms with van der Waals surface area (Å²) >= 11 is 0. The van der Waals surface area contributed by atoms with E-state index in [2.05, 4.69) is 5.32 Å². The summed E-state index contributed by atoms with van der Waals surface area (Å²) in [7, 11) is 0. The Bertz CT molecular complexity index is 606. The molecule has 3 rings (SSSR count). The van der Waals surface area contributed by atoms with Crippen molar-refractivity contribution in [2.75, 3.05) is 13.1 Å². The number of nitrogens with zero attached hydrogens (tertiary/aromatic N) is 1. The van der Waals surface area contributed by atoms with Crippen molar-refractivity contribution < 1.29 is 18.7 Å². The van der Waals surface area contributed by atoms with Crippen LogP contribution >= 0.6 is 0 Å². The van der Waals surface area contributed by atoms with Crippen molar-refractivity contribution in [3.63, 3.8) is 0 Å². The lowest BCUT2D eigenvalue weighted by atomic mass is 10.1. The van der Waals surface area contributed by atoms with Gasteiger partial charge in [0.2, 0.25) is 11.8 Å². The number of benzene rings is 1. The Morgan fingerprint density at radius 2 is 1.69 bits per heavy atom. The monoisotopic (exact) mass is 362 g/mol. The molecular formula is C20H27FN2O3. The van der Waals surface area contributed by atoms with Crippen molar-refractivity contribution in [3.05, 3.63) is 30.1 Å². The summed E-state index contributed by atoms with van der Waals surface area (Å²) in [5.74, 6) is 0.265. The van der Waals surface area contributed by atoms with Gasteiger partial charge < -0.3 is 15.0 Å². The maximum atomic E-state index is 12.9. The molecule has 142 valence electrons. The lowest BCUT2D eigenvalue weighted by Gasteiger charge is -2.39. The van der Waals surface area contributed by atoms with Gasteiger partial charge in [0.1, 0.15) is 17.7 Å². The van der Waals surface area contributed by atoms with Crippen LogP contribution in [0.25, 0.3) is 0 Å². The van der Waals surface area contributed by atoms with Crippen LogP contribution in [0.5, 0.6) is 5.75 Å². The molecule has 1 aromatic carbocycles. The number of likely N-dealkylation sites (tertiary alicyclic amines) is 1. The first-order valence-electron chi connectivity index (χ1n) is 9.59. The highest BCUT2D eigenvalue weighted by atomic mass is 19.1. The van der Waals surface area contributed by atoms with Crippen molar-refractivity contribution in [2.45, 2.75) is 63.5 Å². The van der Waals surface area contributed by atoms with Gasteiger partial charge in [0.25, 0.3) is 0 Å². The van der Waals surface area contributed by atoms with E-state index in [4.69, 9.17) is 4.74 Å². The van der Waals surface area contributed by atoms with Crippen LogP contribution in [0.15, 0.2) is 24.3 Å². The van der Waals surface area contributed by atoms with E-state index < -0.39 is 0 Å². The van der Waals surface area contributed by atoms with Crippen molar-refractivity contribution in [1.29, 1.82) is 0 Å². The van der Waals surface area contributed by atoms with Gasteiger partial charge in [-0.25, -0.2) is 4.39 Å². The van der Waals surface area contributed by atoms with Gasteiger partial charge >= 0.3 is 0 Å². The molecule has 2 fully saturated rings. The second kappa shape index (κ2) is 9.01. The van der Waals surface area contributed by atoms with Gasteiger partial charge in [-0.15, -0.1) is 0 Å². The van der Waals surface area contributed by atoms with Crippen LogP contribution in [0.3, 0.4) is 0 Å². The number of hydrogen-bond donors (Lipinski definition) is 1. The average molecular weight is 362 g/mol. The third-order valence-corrected chi connectivity index (χ3v) is 5.10. The van der Waals surface area contributed by atoms with E-state index in [1.807, 2.05) is 0 Å². The Balaban J connectivity index is 1.32. The SMILES string of the molecule is O=C(CCC(=O)N1CC(Oc2ccc(F)cc2)C1)NC1CCCCCC1. The summed E-state index contributed by atoms with van der Waals surface area (Å²) < 4.78 is 18.5. The smallest absolute Gasteiger partial charge is 0.223 e. The summed E-state index contributed by atoms with van der Waals surface area (Å²) in [4.78, 5) is 25.9. The van der Waals surface area contributed by atoms with Crippen LogP contribution in [0.2, 0.25) is 0 Å². The van der Waals surface area contributed by atoms with Crippen molar-refractivity contribution in [2.24, 2.45) is 0 Å². The molecule has 1 saturated carbocycles. The zero-order valence-electron chi connectivity index (χ0n) is 15.1. The molecule has 26 heavy (non-hydrogen) atoms. The van der Waals surface area contributed by atoms with E-state index in [9.17, 15) is 14.0 Å². The highest BCUT2D eigenvalue weighted by Gasteiger charge is 2.32. The maximum absolute atomic E-state index is 12.9. The van der Waals surface area contributed by atoms with Crippen LogP contribution in [0.1, 0.15) is 51.4 Å². The average Bonchev–Trinajstić information content (AvgIpc) is 2.86. The summed E-state index contributed by atoms with van der Waals surface area (Å²) in [5, 5.41) is 3.07. The molecule has 1 aromatic rings. The summed E-state index contributed by atoms with van der Waals surface area (Å²) in [6.07, 6.45) is 7.37. The van der Waals surface area contributed by atoms with Gasteiger partial charge in [-0.05, 0) is 37.1 Å². The van der Waals surface area contributed by atoms with Gasteiger partial charge in [0.15, 0.2) is 0 Å². The quantitative estimate of drug-likeness (QED) is 0.792. The molecule has 1 N–H and O–H groups in total. The molecule has 0 unspecified atom stereocenters. The molecule has 0 bridgehead atoms. The number of amides is 2. The van der Waals surface area contributed by atoms with E-state index in [-0.39, 0.29) is 42.6 Å². The minimum absolute atomic E-state index is 0.0139. The molecule has 0 spiro atoms. The molecule has 2 aliphatic rings. The predicted molar refractivity (Wildman–Crippen MR) is 96.3 cm³/mol. The lowest BCUT2D eigenvalue weighted by molar-refractivity contribution is -0.141. The zero-order valence-corrected chi connectivity index (χ0v) is 15.1. The first-order chi connectivity index (χ1) is 12.6. The highest BCUT2D eigenvalue weighted by Crippen LogP contribution is 2.20. The molecule has 2 amide bonds. The number of carbonyl (C=O) groups is 2. The van der Waals surface area contributed by atoms with Gasteiger partial charge in [0.05, 0.1) is 13.1 Å². The number of carbonyl (C=O) groups excluding carboxylic acids is 2. The second-order valence-corrected chi connectivity index (χ2v) is 7.25. The minimum Gasteiger partial charge on any atom is -0.487 e. The number of ether oxygens (including phenoxy) is 1. The van der Waals surface area contributed by atoms with Gasteiger partial charge in [-0.3, -0.25) is 9.59 Å². The Kier molecular flexibility index (Phi) is 6.47.